The molecule has 64 heavy (non-hydrogen) atoms. The minimum Gasteiger partial charge on any atom is -0.454 e. The van der Waals surface area contributed by atoms with Crippen molar-refractivity contribution in [3.63, 3.8) is 0 Å². The zero-order valence-electron chi connectivity index (χ0n) is 36.5. The number of unbranched alkanes of at least 4 members (excludes halogenated alkanes) is 1. The van der Waals surface area contributed by atoms with Crippen molar-refractivity contribution in [1.82, 2.24) is 34.5 Å². The van der Waals surface area contributed by atoms with Gasteiger partial charge in [0.15, 0.2) is 11.5 Å². The number of primary sulfonamides is 1. The van der Waals surface area contributed by atoms with Crippen molar-refractivity contribution in [3.8, 4) is 11.5 Å². The van der Waals surface area contributed by atoms with Crippen LogP contribution in [0.2, 0.25) is 0 Å². The molecule has 5 rings (SSSR count). The highest BCUT2D eigenvalue weighted by atomic mass is 32.2. The molecule has 0 saturated heterocycles. The molecule has 344 valence electrons. The number of Topliss-reactive ketones (excluding diaryl/α,β-unsaturated/α-hetero) is 1. The molecule has 4 aromatic rings. The molecule has 0 spiro atoms. The number of benzene rings is 3. The number of fused-ring (bicyclic) bond motifs is 1. The normalized spacial score (nSPS) is 12.4. The number of carbonyl (C=O) groups is 5. The van der Waals surface area contributed by atoms with E-state index < -0.39 is 46.9 Å². The van der Waals surface area contributed by atoms with E-state index in [0.717, 1.165) is 18.5 Å². The molecular weight excluding hydrogens is 843 g/mol. The third-order valence-corrected chi connectivity index (χ3v) is 11.6. The molecule has 1 atom stereocenters. The van der Waals surface area contributed by atoms with Gasteiger partial charge in [-0.1, -0.05) is 48.5 Å². The summed E-state index contributed by atoms with van der Waals surface area (Å²) in [6.45, 7) is 3.72. The number of aryl methyl sites for hydroxylation is 1. The maximum absolute atomic E-state index is 14.5. The van der Waals surface area contributed by atoms with Crippen LogP contribution in [0.4, 0.5) is 0 Å². The Morgan fingerprint density at radius 3 is 2.16 bits per heavy atom. The molecule has 1 unspecified atom stereocenters. The fourth-order valence-corrected chi connectivity index (χ4v) is 7.64. The summed E-state index contributed by atoms with van der Waals surface area (Å²) in [5.41, 5.74) is 7.99. The van der Waals surface area contributed by atoms with Crippen molar-refractivity contribution in [1.29, 1.82) is 0 Å². The van der Waals surface area contributed by atoms with E-state index in [-0.39, 0.29) is 69.1 Å². The summed E-state index contributed by atoms with van der Waals surface area (Å²) in [7, 11) is -3.90. The molecule has 18 nitrogen and oxygen atoms in total. The van der Waals surface area contributed by atoms with Crippen molar-refractivity contribution in [2.45, 2.75) is 63.6 Å². The first-order valence-corrected chi connectivity index (χ1v) is 22.8. The Hall–Kier alpha value is -6.15. The summed E-state index contributed by atoms with van der Waals surface area (Å²) in [4.78, 5) is 79.0. The van der Waals surface area contributed by atoms with Gasteiger partial charge >= 0.3 is 0 Å². The van der Waals surface area contributed by atoms with E-state index in [1.807, 2.05) is 48.0 Å². The Kier molecular flexibility index (Phi) is 18.4. The Bertz CT molecular complexity index is 2280. The molecule has 0 fully saturated rings. The van der Waals surface area contributed by atoms with E-state index in [9.17, 15) is 32.4 Å². The lowest BCUT2D eigenvalue weighted by Crippen LogP contribution is -2.51. The minimum atomic E-state index is -3.90. The number of sulfonamides is 1. The topological polar surface area (TPSA) is 233 Å². The smallest absolute Gasteiger partial charge is 0.242 e. The number of nitrogens with two attached hydrogens (primary N) is 2. The molecule has 1 aliphatic rings. The van der Waals surface area contributed by atoms with Gasteiger partial charge in [0.25, 0.3) is 0 Å². The maximum Gasteiger partial charge on any atom is 0.242 e. The maximum atomic E-state index is 14.5. The number of aromatic nitrogens is 2. The van der Waals surface area contributed by atoms with Crippen LogP contribution in [0.1, 0.15) is 55.8 Å². The number of nitrogens with zero attached hydrogens (tertiary/aromatic N) is 6. The number of imidazole rings is 1. The number of carbonyl (C=O) groups excluding carboxylic acids is 5. The Balaban J connectivity index is 1.35. The standard InChI is InChI=1S/C45H59N9O9S/c1-34(55)27-52(23-17-36-11-14-39(15-12-36)64(47,60)61)43(57)30-53(28-37-13-16-40-41(25-37)63-33-62-40)44(58)29-51(22-7-6-18-46)45(59)31-54(35(2)38-9-4-3-5-10-38)42(56)26-48-19-8-21-50-24-20-49-32-50/h3-5,9-16,20,24-25,32,35,48H,6-8,17-19,21-23,26-31,33,46H2,1-2H3,(H2,47,60,61). The van der Waals surface area contributed by atoms with Crippen LogP contribution in [0, 0.1) is 0 Å². The van der Waals surface area contributed by atoms with Crippen molar-refractivity contribution in [2.24, 2.45) is 10.9 Å². The highest BCUT2D eigenvalue weighted by molar-refractivity contribution is 7.89. The number of ether oxygens (including phenoxy) is 2. The van der Waals surface area contributed by atoms with E-state index >= 15 is 0 Å². The lowest BCUT2D eigenvalue weighted by Gasteiger charge is -2.33. The molecule has 5 N–H and O–H groups in total. The van der Waals surface area contributed by atoms with E-state index in [1.54, 1.807) is 42.9 Å². The second-order valence-electron chi connectivity index (χ2n) is 15.6. The Morgan fingerprint density at radius 2 is 1.47 bits per heavy atom. The molecule has 4 amide bonds. The number of amides is 4. The van der Waals surface area contributed by atoms with Gasteiger partial charge in [-0.25, -0.2) is 18.5 Å². The predicted octanol–water partition coefficient (Wildman–Crippen LogP) is 2.09. The number of hydrogen-bond acceptors (Lipinski definition) is 12. The molecule has 1 aliphatic heterocycles. The SMILES string of the molecule is CC(=O)CN(CCc1ccc(S(N)(=O)=O)cc1)C(=O)CN(Cc1ccc2c(c1)OCO2)C(=O)CN(CCCCN)C(=O)CN(C(=O)CNCCCn1ccnc1)C(C)c1ccccc1. The molecule has 0 radical (unpaired) electrons. The lowest BCUT2D eigenvalue weighted by molar-refractivity contribution is -0.147. The van der Waals surface area contributed by atoms with Gasteiger partial charge < -0.3 is 44.7 Å². The summed E-state index contributed by atoms with van der Waals surface area (Å²) in [6, 6.07) is 20.0. The first-order valence-electron chi connectivity index (χ1n) is 21.3. The van der Waals surface area contributed by atoms with Crippen molar-refractivity contribution >= 4 is 39.4 Å². The van der Waals surface area contributed by atoms with Crippen molar-refractivity contribution < 1.29 is 41.9 Å². The first-order chi connectivity index (χ1) is 30.7. The second-order valence-corrected chi connectivity index (χ2v) is 17.2. The van der Waals surface area contributed by atoms with Gasteiger partial charge in [0.1, 0.15) is 18.9 Å². The van der Waals surface area contributed by atoms with Gasteiger partial charge in [0.2, 0.25) is 40.4 Å². The average Bonchev–Trinajstić information content (AvgIpc) is 3.98. The largest absolute Gasteiger partial charge is 0.454 e. The van der Waals surface area contributed by atoms with E-state index in [2.05, 4.69) is 10.3 Å². The van der Waals surface area contributed by atoms with Crippen molar-refractivity contribution in [2.75, 3.05) is 65.7 Å². The van der Waals surface area contributed by atoms with Crippen molar-refractivity contribution in [3.05, 3.63) is 108 Å². The highest BCUT2D eigenvalue weighted by Gasteiger charge is 2.30. The van der Waals surface area contributed by atoms with Crippen LogP contribution in [0.3, 0.4) is 0 Å². The first kappa shape index (κ1) is 48.9. The fraction of sp³-hybridized carbons (Fsp3) is 0.422. The zero-order chi connectivity index (χ0) is 46.1. The van der Waals surface area contributed by atoms with Crippen LogP contribution >= 0.6 is 0 Å². The van der Waals surface area contributed by atoms with Gasteiger partial charge in [-0.2, -0.15) is 0 Å². The highest BCUT2D eigenvalue weighted by Crippen LogP contribution is 2.33. The Labute approximate surface area is 374 Å². The van der Waals surface area contributed by atoms with Crippen LogP contribution in [-0.2, 0) is 53.5 Å². The molecule has 0 aliphatic carbocycles. The van der Waals surface area contributed by atoms with E-state index in [4.69, 9.17) is 20.3 Å². The molecular formula is C45H59N9O9S. The van der Waals surface area contributed by atoms with Gasteiger partial charge in [0.05, 0.1) is 36.9 Å². The van der Waals surface area contributed by atoms with Crippen LogP contribution < -0.4 is 25.7 Å². The molecule has 2 heterocycles. The second kappa shape index (κ2) is 24.1. The summed E-state index contributed by atoms with van der Waals surface area (Å²) in [6.07, 6.45) is 7.40. The number of hydrogen-bond donors (Lipinski definition) is 3. The third-order valence-electron chi connectivity index (χ3n) is 10.7. The van der Waals surface area contributed by atoms with Gasteiger partial charge in [-0.15, -0.1) is 0 Å². The number of nitrogens with one attached hydrogen (secondary N) is 1. The predicted molar refractivity (Wildman–Crippen MR) is 238 cm³/mol. The number of rotatable bonds is 26. The van der Waals surface area contributed by atoms with Gasteiger partial charge in [-0.3, -0.25) is 24.0 Å². The van der Waals surface area contributed by atoms with Crippen LogP contribution in [0.25, 0.3) is 0 Å². The van der Waals surface area contributed by atoms with Crippen LogP contribution in [0.5, 0.6) is 11.5 Å². The average molecular weight is 902 g/mol. The van der Waals surface area contributed by atoms with Crippen LogP contribution in [-0.4, -0.2) is 133 Å². The summed E-state index contributed by atoms with van der Waals surface area (Å²) in [5, 5.41) is 8.45. The third kappa shape index (κ3) is 15.0. The van der Waals surface area contributed by atoms with Gasteiger partial charge in [0, 0.05) is 38.6 Å². The number of ketones is 1. The summed E-state index contributed by atoms with van der Waals surface area (Å²) in [5.74, 6) is -1.07. The molecule has 19 heteroatoms. The van der Waals surface area contributed by atoms with E-state index in [1.165, 1.54) is 38.7 Å². The lowest BCUT2D eigenvalue weighted by atomic mass is 10.1. The molecule has 1 aromatic heterocycles. The minimum absolute atomic E-state index is 0.0103. The van der Waals surface area contributed by atoms with Crippen LogP contribution in [0.15, 0.2) is 96.4 Å². The molecule has 0 saturated carbocycles. The summed E-state index contributed by atoms with van der Waals surface area (Å²) >= 11 is 0. The molecule has 3 aromatic carbocycles. The Morgan fingerprint density at radius 1 is 0.797 bits per heavy atom. The fourth-order valence-electron chi connectivity index (χ4n) is 7.13. The summed E-state index contributed by atoms with van der Waals surface area (Å²) < 4.78 is 36.5. The van der Waals surface area contributed by atoms with E-state index in [0.29, 0.717) is 48.6 Å². The monoisotopic (exact) mass is 901 g/mol. The van der Waals surface area contributed by atoms with Gasteiger partial charge in [-0.05, 0) is 93.6 Å². The molecule has 0 bridgehead atoms. The zero-order valence-corrected chi connectivity index (χ0v) is 37.3. The quantitative estimate of drug-likeness (QED) is 0.0770.